The maximum atomic E-state index is 13.2. The molecular weight excluding hydrogens is 339 g/mol. The van der Waals surface area contributed by atoms with E-state index in [4.69, 9.17) is 4.84 Å². The van der Waals surface area contributed by atoms with Crippen LogP contribution in [0, 0.1) is 0 Å². The van der Waals surface area contributed by atoms with E-state index in [1.807, 2.05) is 24.3 Å². The summed E-state index contributed by atoms with van der Waals surface area (Å²) in [5.74, 6) is 0. The summed E-state index contributed by atoms with van der Waals surface area (Å²) >= 11 is 0. The molecule has 2 aromatic rings. The summed E-state index contributed by atoms with van der Waals surface area (Å²) in [6.07, 6.45) is -5.33. The molecule has 0 radical (unpaired) electrons. The lowest BCUT2D eigenvalue weighted by atomic mass is 9.83. The van der Waals surface area contributed by atoms with Crippen LogP contribution in [0.4, 0.5) is 13.2 Å². The van der Waals surface area contributed by atoms with Gasteiger partial charge in [-0.2, -0.15) is 13.2 Å². The zero-order valence-electron chi connectivity index (χ0n) is 15.1. The monoisotopic (exact) mass is 361 g/mol. The van der Waals surface area contributed by atoms with Crippen molar-refractivity contribution in [3.8, 4) is 0 Å². The average Bonchev–Trinajstić information content (AvgIpc) is 2.98. The van der Waals surface area contributed by atoms with Gasteiger partial charge in [0.15, 0.2) is 5.60 Å². The predicted octanol–water partition coefficient (Wildman–Crippen LogP) is 5.96. The van der Waals surface area contributed by atoms with E-state index in [9.17, 15) is 13.2 Å². The number of nitrogens with zero attached hydrogens (tertiary/aromatic N) is 1. The van der Waals surface area contributed by atoms with Crippen LogP contribution in [-0.4, -0.2) is 11.9 Å². The third-order valence-corrected chi connectivity index (χ3v) is 4.65. The van der Waals surface area contributed by atoms with Crippen molar-refractivity contribution in [2.24, 2.45) is 5.16 Å². The first-order valence-corrected chi connectivity index (χ1v) is 8.57. The van der Waals surface area contributed by atoms with Gasteiger partial charge in [0.05, 0.1) is 12.1 Å². The number of hydrogen-bond donors (Lipinski definition) is 0. The van der Waals surface area contributed by atoms with Gasteiger partial charge >= 0.3 is 6.18 Å². The molecule has 3 rings (SSSR count). The molecule has 1 aliphatic heterocycles. The van der Waals surface area contributed by atoms with Crippen LogP contribution >= 0.6 is 0 Å². The fraction of sp³-hybridized carbons (Fsp3) is 0.381. The minimum atomic E-state index is -4.35. The molecule has 0 aromatic heterocycles. The van der Waals surface area contributed by atoms with E-state index in [1.165, 1.54) is 0 Å². The van der Waals surface area contributed by atoms with Gasteiger partial charge in [0.25, 0.3) is 0 Å². The van der Waals surface area contributed by atoms with Crippen LogP contribution in [-0.2, 0) is 15.9 Å². The lowest BCUT2D eigenvalue weighted by molar-refractivity contribution is -0.186. The summed E-state index contributed by atoms with van der Waals surface area (Å²) in [7, 11) is 0. The molecular formula is C21H22F3NO. The molecule has 1 heterocycles. The molecule has 1 aliphatic rings. The fourth-order valence-corrected chi connectivity index (χ4v) is 3.21. The van der Waals surface area contributed by atoms with Crippen LogP contribution in [0.1, 0.15) is 50.3 Å². The Balaban J connectivity index is 1.89. The molecule has 0 spiro atoms. The molecule has 2 nitrogen and oxygen atoms in total. The first kappa shape index (κ1) is 18.5. The van der Waals surface area contributed by atoms with Crippen LogP contribution in [0.25, 0.3) is 0 Å². The van der Waals surface area contributed by atoms with E-state index >= 15 is 0 Å². The quantitative estimate of drug-likeness (QED) is 0.661. The Morgan fingerprint density at radius 3 is 2.12 bits per heavy atom. The zero-order valence-corrected chi connectivity index (χ0v) is 15.1. The number of benzene rings is 2. The predicted molar refractivity (Wildman–Crippen MR) is 96.2 cm³/mol. The summed E-state index contributed by atoms with van der Waals surface area (Å²) < 4.78 is 39.7. The highest BCUT2D eigenvalue weighted by Gasteiger charge is 2.49. The molecule has 0 saturated carbocycles. The topological polar surface area (TPSA) is 21.6 Å². The van der Waals surface area contributed by atoms with Crippen molar-refractivity contribution in [1.29, 1.82) is 0 Å². The van der Waals surface area contributed by atoms with Gasteiger partial charge < -0.3 is 4.84 Å². The Morgan fingerprint density at radius 2 is 1.58 bits per heavy atom. The molecule has 1 unspecified atom stereocenters. The Labute approximate surface area is 151 Å². The second-order valence-electron chi connectivity index (χ2n) is 7.79. The number of alkyl halides is 3. The minimum Gasteiger partial charge on any atom is -0.383 e. The maximum Gasteiger partial charge on any atom is 0.393 e. The largest absolute Gasteiger partial charge is 0.393 e. The molecule has 0 bridgehead atoms. The number of halogens is 3. The van der Waals surface area contributed by atoms with Crippen molar-refractivity contribution in [3.05, 3.63) is 71.3 Å². The van der Waals surface area contributed by atoms with Crippen molar-refractivity contribution >= 4 is 5.71 Å². The van der Waals surface area contributed by atoms with Gasteiger partial charge in [0.2, 0.25) is 0 Å². The Bertz CT molecular complexity index is 789. The van der Waals surface area contributed by atoms with Crippen LogP contribution in [0.2, 0.25) is 0 Å². The highest BCUT2D eigenvalue weighted by molar-refractivity contribution is 6.01. The van der Waals surface area contributed by atoms with Crippen LogP contribution in [0.5, 0.6) is 0 Å². The molecule has 0 amide bonds. The lowest BCUT2D eigenvalue weighted by Gasteiger charge is -2.28. The molecule has 138 valence electrons. The van der Waals surface area contributed by atoms with Gasteiger partial charge in [-0.1, -0.05) is 80.5 Å². The van der Waals surface area contributed by atoms with E-state index < -0.39 is 18.2 Å². The van der Waals surface area contributed by atoms with Gasteiger partial charge in [-0.15, -0.1) is 0 Å². The average molecular weight is 361 g/mol. The Morgan fingerprint density at radius 1 is 0.962 bits per heavy atom. The molecule has 0 N–H and O–H groups in total. The van der Waals surface area contributed by atoms with Crippen molar-refractivity contribution in [1.82, 2.24) is 0 Å². The summed E-state index contributed by atoms with van der Waals surface area (Å²) in [5.41, 5.74) is 1.48. The molecule has 0 aliphatic carbocycles. The molecule has 2 aromatic carbocycles. The Kier molecular flexibility index (Phi) is 4.59. The summed E-state index contributed by atoms with van der Waals surface area (Å²) in [6, 6.07) is 16.3. The first-order chi connectivity index (χ1) is 12.1. The molecule has 0 saturated heterocycles. The normalized spacial score (nSPS) is 20.6. The minimum absolute atomic E-state index is 0.0105. The maximum absolute atomic E-state index is 13.2. The molecule has 1 atom stereocenters. The van der Waals surface area contributed by atoms with Gasteiger partial charge in [-0.25, -0.2) is 0 Å². The van der Waals surface area contributed by atoms with Crippen molar-refractivity contribution in [2.75, 3.05) is 0 Å². The van der Waals surface area contributed by atoms with E-state index in [1.54, 1.807) is 30.3 Å². The molecule has 26 heavy (non-hydrogen) atoms. The third-order valence-electron chi connectivity index (χ3n) is 4.65. The van der Waals surface area contributed by atoms with Crippen molar-refractivity contribution < 1.29 is 18.0 Å². The number of hydrogen-bond acceptors (Lipinski definition) is 2. The van der Waals surface area contributed by atoms with Gasteiger partial charge in [-0.05, 0) is 22.1 Å². The number of oxime groups is 1. The summed E-state index contributed by atoms with van der Waals surface area (Å²) in [4.78, 5) is 5.44. The smallest absolute Gasteiger partial charge is 0.383 e. The standard InChI is InChI=1S/C21H22F3NO/c1-19(2,3)16-11-9-15(10-12-16)18-13-20(26-25-18,14-21(22,23)24)17-7-5-4-6-8-17/h4-12H,13-14H2,1-3H3. The van der Waals surface area contributed by atoms with Gasteiger partial charge in [-0.3, -0.25) is 0 Å². The second kappa shape index (κ2) is 6.45. The van der Waals surface area contributed by atoms with Crippen LogP contribution in [0.3, 0.4) is 0 Å². The van der Waals surface area contributed by atoms with E-state index in [0.29, 0.717) is 11.3 Å². The molecule has 5 heteroatoms. The lowest BCUT2D eigenvalue weighted by Crippen LogP contribution is -2.32. The van der Waals surface area contributed by atoms with Gasteiger partial charge in [0.1, 0.15) is 0 Å². The number of rotatable bonds is 3. The first-order valence-electron chi connectivity index (χ1n) is 8.57. The third kappa shape index (κ3) is 3.92. The fourth-order valence-electron chi connectivity index (χ4n) is 3.21. The van der Waals surface area contributed by atoms with Crippen LogP contribution < -0.4 is 0 Å². The van der Waals surface area contributed by atoms with E-state index in [-0.39, 0.29) is 11.8 Å². The van der Waals surface area contributed by atoms with Crippen molar-refractivity contribution in [3.63, 3.8) is 0 Å². The van der Waals surface area contributed by atoms with Crippen molar-refractivity contribution in [2.45, 2.75) is 50.8 Å². The molecule has 0 fully saturated rings. The summed E-state index contributed by atoms with van der Waals surface area (Å²) in [5, 5.41) is 4.03. The van der Waals surface area contributed by atoms with Gasteiger partial charge in [0, 0.05) is 6.42 Å². The SMILES string of the molecule is CC(C)(C)c1ccc(C2=NOC(CC(F)(F)F)(c3ccccc3)C2)cc1. The highest BCUT2D eigenvalue weighted by atomic mass is 19.4. The summed E-state index contributed by atoms with van der Waals surface area (Å²) in [6.45, 7) is 6.34. The Hall–Kier alpha value is -2.30. The van der Waals surface area contributed by atoms with Crippen LogP contribution in [0.15, 0.2) is 59.8 Å². The highest BCUT2D eigenvalue weighted by Crippen LogP contribution is 2.44. The van der Waals surface area contributed by atoms with E-state index in [2.05, 4.69) is 25.9 Å². The van der Waals surface area contributed by atoms with E-state index in [0.717, 1.165) is 11.1 Å². The zero-order chi connectivity index (χ0) is 19.0. The second-order valence-corrected chi connectivity index (χ2v) is 7.79.